The summed E-state index contributed by atoms with van der Waals surface area (Å²) >= 11 is 0. The average Bonchev–Trinajstić information content (AvgIpc) is 3.12. The summed E-state index contributed by atoms with van der Waals surface area (Å²) in [6, 6.07) is 8.87. The van der Waals surface area contributed by atoms with Crippen molar-refractivity contribution in [2.24, 2.45) is 7.05 Å². The van der Waals surface area contributed by atoms with E-state index in [0.29, 0.717) is 12.2 Å². The number of pyridine rings is 1. The van der Waals surface area contributed by atoms with Gasteiger partial charge in [-0.1, -0.05) is 12.1 Å². The number of nitrogens with zero attached hydrogens (tertiary/aromatic N) is 4. The molecule has 0 aliphatic heterocycles. The Morgan fingerprint density at radius 1 is 1.27 bits per heavy atom. The van der Waals surface area contributed by atoms with Crippen molar-refractivity contribution >= 4 is 11.6 Å². The Labute approximate surface area is 150 Å². The van der Waals surface area contributed by atoms with Crippen molar-refractivity contribution in [3.05, 3.63) is 70.7 Å². The average molecular weight is 353 g/mol. The number of amides is 1. The zero-order valence-electron chi connectivity index (χ0n) is 14.5. The van der Waals surface area contributed by atoms with Crippen LogP contribution in [0.2, 0.25) is 0 Å². The molecule has 1 N–H and O–H groups in total. The SMILES string of the molecule is Cc1cc(=O)c(OCC(=O)Nc2ccc(Cn3cncn3)cc2)cn1C. The molecular formula is C18H19N5O3. The first-order valence-corrected chi connectivity index (χ1v) is 8.02. The summed E-state index contributed by atoms with van der Waals surface area (Å²) in [6.45, 7) is 2.19. The Morgan fingerprint density at radius 2 is 2.04 bits per heavy atom. The van der Waals surface area contributed by atoms with E-state index in [-0.39, 0.29) is 23.7 Å². The van der Waals surface area contributed by atoms with E-state index >= 15 is 0 Å². The predicted octanol–water partition coefficient (Wildman–Crippen LogP) is 1.35. The highest BCUT2D eigenvalue weighted by Gasteiger charge is 2.08. The molecule has 26 heavy (non-hydrogen) atoms. The number of hydrogen-bond donors (Lipinski definition) is 1. The van der Waals surface area contributed by atoms with Gasteiger partial charge in [0.25, 0.3) is 5.91 Å². The number of benzene rings is 1. The molecule has 0 fully saturated rings. The van der Waals surface area contributed by atoms with Crippen LogP contribution in [-0.2, 0) is 18.4 Å². The molecule has 3 rings (SSSR count). The Morgan fingerprint density at radius 3 is 2.73 bits per heavy atom. The first kappa shape index (κ1) is 17.4. The maximum absolute atomic E-state index is 12.0. The molecule has 1 aromatic carbocycles. The van der Waals surface area contributed by atoms with Gasteiger partial charge in [0, 0.05) is 30.7 Å². The second kappa shape index (κ2) is 7.64. The minimum atomic E-state index is -0.336. The first-order chi connectivity index (χ1) is 12.5. The van der Waals surface area contributed by atoms with Crippen molar-refractivity contribution in [2.75, 3.05) is 11.9 Å². The number of hydrogen-bond acceptors (Lipinski definition) is 5. The van der Waals surface area contributed by atoms with Crippen molar-refractivity contribution in [1.82, 2.24) is 19.3 Å². The Hall–Kier alpha value is -3.42. The van der Waals surface area contributed by atoms with Crippen LogP contribution < -0.4 is 15.5 Å². The van der Waals surface area contributed by atoms with Crippen LogP contribution in [0.3, 0.4) is 0 Å². The van der Waals surface area contributed by atoms with Crippen LogP contribution in [0.25, 0.3) is 0 Å². The van der Waals surface area contributed by atoms with Crippen LogP contribution in [0.5, 0.6) is 5.75 Å². The Balaban J connectivity index is 1.55. The van der Waals surface area contributed by atoms with E-state index in [4.69, 9.17) is 4.74 Å². The maximum Gasteiger partial charge on any atom is 0.262 e. The highest BCUT2D eigenvalue weighted by atomic mass is 16.5. The summed E-state index contributed by atoms with van der Waals surface area (Å²) in [6.07, 6.45) is 4.70. The van der Waals surface area contributed by atoms with Gasteiger partial charge in [-0.3, -0.25) is 9.59 Å². The molecule has 0 atom stereocenters. The van der Waals surface area contributed by atoms with E-state index in [0.717, 1.165) is 11.3 Å². The predicted molar refractivity (Wildman–Crippen MR) is 96.1 cm³/mol. The number of anilines is 1. The van der Waals surface area contributed by atoms with Gasteiger partial charge in [0.05, 0.1) is 6.54 Å². The van der Waals surface area contributed by atoms with Crippen LogP contribution in [0.15, 0.2) is 54.0 Å². The minimum absolute atomic E-state index is 0.149. The van der Waals surface area contributed by atoms with Gasteiger partial charge in [-0.05, 0) is 24.6 Å². The topological polar surface area (TPSA) is 91.0 Å². The fourth-order valence-corrected chi connectivity index (χ4v) is 2.35. The number of aromatic nitrogens is 4. The highest BCUT2D eigenvalue weighted by molar-refractivity contribution is 5.91. The molecular weight excluding hydrogens is 334 g/mol. The van der Waals surface area contributed by atoms with E-state index in [1.54, 1.807) is 33.9 Å². The standard InChI is InChI=1S/C18H19N5O3/c1-13-7-16(24)17(9-22(13)2)26-10-18(25)21-15-5-3-14(4-6-15)8-23-12-19-11-20-23/h3-7,9,11-12H,8,10H2,1-2H3,(H,21,25). The molecule has 3 aromatic rings. The number of carbonyl (C=O) groups excluding carboxylic acids is 1. The van der Waals surface area contributed by atoms with Crippen LogP contribution >= 0.6 is 0 Å². The lowest BCUT2D eigenvalue weighted by Gasteiger charge is -2.10. The third kappa shape index (κ3) is 4.35. The van der Waals surface area contributed by atoms with Gasteiger partial charge in [-0.25, -0.2) is 9.67 Å². The van der Waals surface area contributed by atoms with Gasteiger partial charge >= 0.3 is 0 Å². The fraction of sp³-hybridized carbons (Fsp3) is 0.222. The van der Waals surface area contributed by atoms with E-state index in [9.17, 15) is 9.59 Å². The van der Waals surface area contributed by atoms with E-state index < -0.39 is 0 Å². The second-order valence-corrected chi connectivity index (χ2v) is 5.88. The number of nitrogens with one attached hydrogen (secondary N) is 1. The van der Waals surface area contributed by atoms with Gasteiger partial charge in [-0.15, -0.1) is 0 Å². The maximum atomic E-state index is 12.0. The van der Waals surface area contributed by atoms with Crippen LogP contribution in [0, 0.1) is 6.92 Å². The summed E-state index contributed by atoms with van der Waals surface area (Å²) < 4.78 is 8.81. The third-order valence-corrected chi connectivity index (χ3v) is 3.86. The Kier molecular flexibility index (Phi) is 5.12. The monoisotopic (exact) mass is 353 g/mol. The van der Waals surface area contributed by atoms with Gasteiger partial charge in [0.2, 0.25) is 5.43 Å². The van der Waals surface area contributed by atoms with E-state index in [1.165, 1.54) is 12.4 Å². The molecule has 0 saturated heterocycles. The van der Waals surface area contributed by atoms with Gasteiger partial charge in [0.15, 0.2) is 12.4 Å². The minimum Gasteiger partial charge on any atom is -0.478 e. The van der Waals surface area contributed by atoms with Crippen molar-refractivity contribution in [3.8, 4) is 5.75 Å². The quantitative estimate of drug-likeness (QED) is 0.722. The van der Waals surface area contributed by atoms with Gasteiger partial charge < -0.3 is 14.6 Å². The number of rotatable bonds is 6. The lowest BCUT2D eigenvalue weighted by molar-refractivity contribution is -0.118. The molecule has 0 radical (unpaired) electrons. The molecule has 0 unspecified atom stereocenters. The van der Waals surface area contributed by atoms with Crippen molar-refractivity contribution in [2.45, 2.75) is 13.5 Å². The highest BCUT2D eigenvalue weighted by Crippen LogP contribution is 2.11. The summed E-state index contributed by atoms with van der Waals surface area (Å²) in [5.41, 5.74) is 2.26. The van der Waals surface area contributed by atoms with E-state index in [1.807, 2.05) is 26.1 Å². The molecule has 0 aliphatic rings. The number of aryl methyl sites for hydroxylation is 2. The second-order valence-electron chi connectivity index (χ2n) is 5.88. The van der Waals surface area contributed by atoms with Crippen LogP contribution in [-0.4, -0.2) is 31.8 Å². The summed E-state index contributed by atoms with van der Waals surface area (Å²) in [5, 5.41) is 6.78. The van der Waals surface area contributed by atoms with Crippen molar-refractivity contribution < 1.29 is 9.53 Å². The summed E-state index contributed by atoms with van der Waals surface area (Å²) in [5.74, 6) is -0.187. The zero-order valence-corrected chi connectivity index (χ0v) is 14.5. The van der Waals surface area contributed by atoms with Gasteiger partial charge in [-0.2, -0.15) is 5.10 Å². The molecule has 8 heteroatoms. The molecule has 1 amide bonds. The van der Waals surface area contributed by atoms with Crippen LogP contribution in [0.1, 0.15) is 11.3 Å². The van der Waals surface area contributed by atoms with Crippen molar-refractivity contribution in [1.29, 1.82) is 0 Å². The smallest absolute Gasteiger partial charge is 0.262 e. The first-order valence-electron chi connectivity index (χ1n) is 8.02. The molecule has 0 saturated carbocycles. The largest absolute Gasteiger partial charge is 0.478 e. The summed E-state index contributed by atoms with van der Waals surface area (Å²) in [7, 11) is 1.81. The summed E-state index contributed by atoms with van der Waals surface area (Å²) in [4.78, 5) is 27.8. The normalized spacial score (nSPS) is 10.5. The Bertz CT molecular complexity index is 946. The molecule has 0 aliphatic carbocycles. The molecule has 8 nitrogen and oxygen atoms in total. The van der Waals surface area contributed by atoms with Crippen molar-refractivity contribution in [3.63, 3.8) is 0 Å². The third-order valence-electron chi connectivity index (χ3n) is 3.86. The molecule has 134 valence electrons. The van der Waals surface area contributed by atoms with Gasteiger partial charge in [0.1, 0.15) is 12.7 Å². The fourth-order valence-electron chi connectivity index (χ4n) is 2.35. The molecule has 2 aromatic heterocycles. The van der Waals surface area contributed by atoms with E-state index in [2.05, 4.69) is 15.4 Å². The number of carbonyl (C=O) groups is 1. The lowest BCUT2D eigenvalue weighted by Crippen LogP contribution is -2.22. The molecule has 0 bridgehead atoms. The zero-order chi connectivity index (χ0) is 18.5. The lowest BCUT2D eigenvalue weighted by atomic mass is 10.2. The van der Waals surface area contributed by atoms with Crippen LogP contribution in [0.4, 0.5) is 5.69 Å². The molecule has 0 spiro atoms. The number of ether oxygens (including phenoxy) is 1. The molecule has 2 heterocycles.